The highest BCUT2D eigenvalue weighted by molar-refractivity contribution is 5.69. The third-order valence-electron chi connectivity index (χ3n) is 6.94. The molecule has 2 aliphatic heterocycles. The van der Waals surface area contributed by atoms with Gasteiger partial charge in [0.15, 0.2) is 0 Å². The van der Waals surface area contributed by atoms with Crippen molar-refractivity contribution in [2.24, 2.45) is 0 Å². The SMILES string of the molecule is C[C@@H]1CN(c2ncc(C(F)(F)F)cn2)[C@@H](C)CN1C(=O)OC1(C)CCN(Cc2ccccc2)CC1. The van der Waals surface area contributed by atoms with Crippen molar-refractivity contribution in [1.82, 2.24) is 19.8 Å². The van der Waals surface area contributed by atoms with Crippen molar-refractivity contribution in [3.05, 3.63) is 53.9 Å². The number of amides is 1. The van der Waals surface area contributed by atoms with E-state index in [4.69, 9.17) is 4.74 Å². The number of hydrogen-bond acceptors (Lipinski definition) is 6. The van der Waals surface area contributed by atoms with Crippen LogP contribution in [0.2, 0.25) is 0 Å². The summed E-state index contributed by atoms with van der Waals surface area (Å²) in [5.74, 6) is 0.225. The Morgan fingerprint density at radius 2 is 1.69 bits per heavy atom. The molecular formula is C25H32F3N5O2. The number of anilines is 1. The van der Waals surface area contributed by atoms with Crippen LogP contribution in [0, 0.1) is 0 Å². The number of benzene rings is 1. The third kappa shape index (κ3) is 6.04. The molecule has 2 saturated heterocycles. The van der Waals surface area contributed by atoms with Gasteiger partial charge in [0, 0.05) is 57.2 Å². The largest absolute Gasteiger partial charge is 0.443 e. The second kappa shape index (κ2) is 10.0. The van der Waals surface area contributed by atoms with Gasteiger partial charge in [-0.1, -0.05) is 30.3 Å². The number of halogens is 3. The molecule has 1 aromatic carbocycles. The number of alkyl halides is 3. The lowest BCUT2D eigenvalue weighted by atomic mass is 9.93. The Labute approximate surface area is 203 Å². The standard InChI is InChI=1S/C25H32F3N5O2/c1-18-16-33(19(2)15-32(18)22-29-13-21(14-30-22)25(26,27)28)23(34)35-24(3)9-11-31(12-10-24)17-20-7-5-4-6-8-20/h4-8,13-14,18-19H,9-12,15-17H2,1-3H3/t18-,19+/m0/s1. The minimum Gasteiger partial charge on any atom is -0.443 e. The van der Waals surface area contributed by atoms with Gasteiger partial charge in [-0.25, -0.2) is 14.8 Å². The third-order valence-corrected chi connectivity index (χ3v) is 6.94. The van der Waals surface area contributed by atoms with E-state index in [1.54, 1.807) is 4.90 Å². The fourth-order valence-electron chi connectivity index (χ4n) is 4.67. The van der Waals surface area contributed by atoms with Crippen LogP contribution < -0.4 is 4.90 Å². The number of rotatable bonds is 4. The molecule has 2 aliphatic rings. The van der Waals surface area contributed by atoms with Crippen molar-refractivity contribution in [3.8, 4) is 0 Å². The van der Waals surface area contributed by atoms with E-state index < -0.39 is 17.3 Å². The molecular weight excluding hydrogens is 459 g/mol. The lowest BCUT2D eigenvalue weighted by Crippen LogP contribution is -2.59. The fourth-order valence-corrected chi connectivity index (χ4v) is 4.67. The van der Waals surface area contributed by atoms with E-state index in [0.29, 0.717) is 13.1 Å². The molecule has 0 bridgehead atoms. The van der Waals surface area contributed by atoms with Gasteiger partial charge in [0.1, 0.15) is 5.60 Å². The number of likely N-dealkylation sites (tertiary alicyclic amines) is 1. The second-order valence-corrected chi connectivity index (χ2v) is 9.85. The van der Waals surface area contributed by atoms with Crippen molar-refractivity contribution in [1.29, 1.82) is 0 Å². The van der Waals surface area contributed by atoms with Crippen LogP contribution >= 0.6 is 0 Å². The predicted octanol–water partition coefficient (Wildman–Crippen LogP) is 4.59. The molecule has 190 valence electrons. The molecule has 1 amide bonds. The first-order valence-corrected chi connectivity index (χ1v) is 12.0. The number of aromatic nitrogens is 2. The number of piperazine rings is 1. The summed E-state index contributed by atoms with van der Waals surface area (Å²) in [5, 5.41) is 0. The molecule has 0 unspecified atom stereocenters. The lowest BCUT2D eigenvalue weighted by Gasteiger charge is -2.45. The molecule has 0 N–H and O–H groups in total. The van der Waals surface area contributed by atoms with Gasteiger partial charge < -0.3 is 14.5 Å². The van der Waals surface area contributed by atoms with Gasteiger partial charge >= 0.3 is 12.3 Å². The topological polar surface area (TPSA) is 61.8 Å². The van der Waals surface area contributed by atoms with Crippen molar-refractivity contribution in [2.45, 2.75) is 64.0 Å². The van der Waals surface area contributed by atoms with Gasteiger partial charge in [0.2, 0.25) is 5.95 Å². The summed E-state index contributed by atoms with van der Waals surface area (Å²) in [7, 11) is 0. The van der Waals surface area contributed by atoms with Gasteiger partial charge in [-0.15, -0.1) is 0 Å². The first kappa shape index (κ1) is 25.2. The number of ether oxygens (including phenoxy) is 1. The average molecular weight is 492 g/mol. The maximum absolute atomic E-state index is 13.1. The van der Waals surface area contributed by atoms with Crippen LogP contribution in [0.4, 0.5) is 23.9 Å². The molecule has 7 nitrogen and oxygen atoms in total. The average Bonchev–Trinajstić information content (AvgIpc) is 2.82. The quantitative estimate of drug-likeness (QED) is 0.624. The maximum atomic E-state index is 13.1. The molecule has 0 saturated carbocycles. The molecule has 35 heavy (non-hydrogen) atoms. The van der Waals surface area contributed by atoms with Crippen LogP contribution in [0.3, 0.4) is 0 Å². The molecule has 1 aromatic heterocycles. The number of carbonyl (C=O) groups excluding carboxylic acids is 1. The minimum atomic E-state index is -4.48. The summed E-state index contributed by atoms with van der Waals surface area (Å²) in [4.78, 5) is 26.9. The number of piperidine rings is 1. The minimum absolute atomic E-state index is 0.170. The molecule has 2 fully saturated rings. The molecule has 0 aliphatic carbocycles. The molecule has 0 spiro atoms. The van der Waals surface area contributed by atoms with E-state index in [1.807, 2.05) is 43.9 Å². The maximum Gasteiger partial charge on any atom is 0.419 e. The Hall–Kier alpha value is -2.88. The first-order valence-electron chi connectivity index (χ1n) is 12.0. The smallest absolute Gasteiger partial charge is 0.419 e. The summed E-state index contributed by atoms with van der Waals surface area (Å²) in [6, 6.07) is 9.95. The molecule has 4 rings (SSSR count). The van der Waals surface area contributed by atoms with E-state index in [9.17, 15) is 18.0 Å². The van der Waals surface area contributed by atoms with Gasteiger partial charge in [-0.05, 0) is 39.2 Å². The summed E-state index contributed by atoms with van der Waals surface area (Å²) >= 11 is 0. The molecule has 3 heterocycles. The summed E-state index contributed by atoms with van der Waals surface area (Å²) in [6.07, 6.45) is -1.72. The predicted molar refractivity (Wildman–Crippen MR) is 126 cm³/mol. The Balaban J connectivity index is 1.32. The van der Waals surface area contributed by atoms with Gasteiger partial charge in [-0.3, -0.25) is 4.90 Å². The van der Waals surface area contributed by atoms with Gasteiger partial charge in [0.05, 0.1) is 5.56 Å². The van der Waals surface area contributed by atoms with Crippen LogP contribution in [-0.4, -0.2) is 69.7 Å². The van der Waals surface area contributed by atoms with Crippen LogP contribution in [0.15, 0.2) is 42.7 Å². The Bertz CT molecular complexity index is 994. The summed E-state index contributed by atoms with van der Waals surface area (Å²) in [6.45, 7) is 9.15. The van der Waals surface area contributed by atoms with Crippen molar-refractivity contribution < 1.29 is 22.7 Å². The van der Waals surface area contributed by atoms with E-state index in [1.165, 1.54) is 5.56 Å². The van der Waals surface area contributed by atoms with Crippen molar-refractivity contribution in [2.75, 3.05) is 31.1 Å². The monoisotopic (exact) mass is 491 g/mol. The van der Waals surface area contributed by atoms with E-state index in [2.05, 4.69) is 27.0 Å². The Morgan fingerprint density at radius 3 is 2.29 bits per heavy atom. The number of nitrogens with zero attached hydrogens (tertiary/aromatic N) is 5. The normalized spacial score (nSPS) is 23.3. The number of carbonyl (C=O) groups is 1. The fraction of sp³-hybridized carbons (Fsp3) is 0.560. The Morgan fingerprint density at radius 1 is 1.06 bits per heavy atom. The van der Waals surface area contributed by atoms with E-state index in [0.717, 1.165) is 44.9 Å². The zero-order valence-electron chi connectivity index (χ0n) is 20.3. The number of hydrogen-bond donors (Lipinski definition) is 0. The Kier molecular flexibility index (Phi) is 7.21. The lowest BCUT2D eigenvalue weighted by molar-refractivity contribution is -0.138. The molecule has 0 radical (unpaired) electrons. The zero-order valence-corrected chi connectivity index (χ0v) is 20.3. The highest BCUT2D eigenvalue weighted by Gasteiger charge is 2.39. The van der Waals surface area contributed by atoms with Gasteiger partial charge in [-0.2, -0.15) is 13.2 Å². The van der Waals surface area contributed by atoms with Crippen LogP contribution in [-0.2, 0) is 17.5 Å². The highest BCUT2D eigenvalue weighted by atomic mass is 19.4. The molecule has 2 atom stereocenters. The second-order valence-electron chi connectivity index (χ2n) is 9.85. The van der Waals surface area contributed by atoms with E-state index in [-0.39, 0.29) is 24.1 Å². The van der Waals surface area contributed by atoms with Gasteiger partial charge in [0.25, 0.3) is 0 Å². The van der Waals surface area contributed by atoms with Crippen LogP contribution in [0.25, 0.3) is 0 Å². The van der Waals surface area contributed by atoms with E-state index >= 15 is 0 Å². The molecule has 10 heteroatoms. The van der Waals surface area contributed by atoms with Crippen molar-refractivity contribution in [3.63, 3.8) is 0 Å². The van der Waals surface area contributed by atoms with Crippen molar-refractivity contribution >= 4 is 12.0 Å². The molecule has 2 aromatic rings. The van der Waals surface area contributed by atoms with Crippen LogP contribution in [0.5, 0.6) is 0 Å². The highest BCUT2D eigenvalue weighted by Crippen LogP contribution is 2.31. The first-order chi connectivity index (χ1) is 16.5. The summed E-state index contributed by atoms with van der Waals surface area (Å²) in [5.41, 5.74) is -0.140. The zero-order chi connectivity index (χ0) is 25.2. The van der Waals surface area contributed by atoms with Crippen LogP contribution in [0.1, 0.15) is 44.7 Å². The summed E-state index contributed by atoms with van der Waals surface area (Å²) < 4.78 is 44.5.